The van der Waals surface area contributed by atoms with Crippen LogP contribution in [-0.4, -0.2) is 23.8 Å². The molecule has 0 saturated carbocycles. The van der Waals surface area contributed by atoms with Gasteiger partial charge in [-0.3, -0.25) is 14.5 Å². The number of benzene rings is 3. The second-order valence-corrected chi connectivity index (χ2v) is 7.18. The first-order valence-electron chi connectivity index (χ1n) is 9.81. The highest BCUT2D eigenvalue weighted by atomic mass is 19.1. The van der Waals surface area contributed by atoms with Crippen LogP contribution in [0.1, 0.15) is 16.7 Å². The molecule has 4 rings (SSSR count). The average molecular weight is 416 g/mol. The van der Waals surface area contributed by atoms with Crippen molar-refractivity contribution in [3.63, 3.8) is 0 Å². The standard InChI is InChI=1S/C25H21FN2O3/c1-16-9-3-7-13-20(16)27-23-22(18-11-5-8-14-21(18)31-2)24(29)28(25(23)30)15-17-10-4-6-12-19(17)26/h3-14,27H,15H2,1-2H3. The number of anilines is 1. The van der Waals surface area contributed by atoms with Gasteiger partial charge in [0, 0.05) is 16.8 Å². The third-order valence-corrected chi connectivity index (χ3v) is 5.24. The highest BCUT2D eigenvalue weighted by molar-refractivity contribution is 6.37. The number of hydrogen-bond acceptors (Lipinski definition) is 4. The highest BCUT2D eigenvalue weighted by Gasteiger charge is 2.40. The molecule has 0 bridgehead atoms. The van der Waals surface area contributed by atoms with Crippen molar-refractivity contribution in [3.8, 4) is 5.75 Å². The maximum absolute atomic E-state index is 14.2. The van der Waals surface area contributed by atoms with Crippen LogP contribution < -0.4 is 10.1 Å². The van der Waals surface area contributed by atoms with Gasteiger partial charge in [-0.1, -0.05) is 54.6 Å². The summed E-state index contributed by atoms with van der Waals surface area (Å²) in [6.45, 7) is 1.74. The van der Waals surface area contributed by atoms with Crippen LogP contribution in [0.15, 0.2) is 78.5 Å². The first-order valence-corrected chi connectivity index (χ1v) is 9.81. The third-order valence-electron chi connectivity index (χ3n) is 5.24. The molecule has 1 aliphatic rings. The Morgan fingerprint density at radius 3 is 2.32 bits per heavy atom. The van der Waals surface area contributed by atoms with Crippen LogP contribution in [-0.2, 0) is 16.1 Å². The minimum atomic E-state index is -0.516. The fourth-order valence-electron chi connectivity index (χ4n) is 3.58. The van der Waals surface area contributed by atoms with Gasteiger partial charge in [0.1, 0.15) is 17.3 Å². The summed E-state index contributed by atoms with van der Waals surface area (Å²) in [6, 6.07) is 20.6. The lowest BCUT2D eigenvalue weighted by atomic mass is 10.0. The molecule has 1 N–H and O–H groups in total. The van der Waals surface area contributed by atoms with E-state index in [4.69, 9.17) is 4.74 Å². The van der Waals surface area contributed by atoms with Crippen molar-refractivity contribution < 1.29 is 18.7 Å². The molecule has 156 valence electrons. The number of halogens is 1. The second-order valence-electron chi connectivity index (χ2n) is 7.18. The van der Waals surface area contributed by atoms with Gasteiger partial charge in [0.25, 0.3) is 11.8 Å². The van der Waals surface area contributed by atoms with Crippen molar-refractivity contribution in [3.05, 3.63) is 101 Å². The monoisotopic (exact) mass is 416 g/mol. The van der Waals surface area contributed by atoms with Crippen LogP contribution in [0.25, 0.3) is 5.57 Å². The van der Waals surface area contributed by atoms with Gasteiger partial charge in [0.2, 0.25) is 0 Å². The van der Waals surface area contributed by atoms with Crippen molar-refractivity contribution in [1.82, 2.24) is 4.90 Å². The van der Waals surface area contributed by atoms with E-state index in [-0.39, 0.29) is 23.4 Å². The third kappa shape index (κ3) is 3.80. The predicted molar refractivity (Wildman–Crippen MR) is 117 cm³/mol. The Kier molecular flexibility index (Phi) is 5.54. The number of hydrogen-bond donors (Lipinski definition) is 1. The van der Waals surface area contributed by atoms with Crippen LogP contribution in [0.5, 0.6) is 5.75 Å². The summed E-state index contributed by atoms with van der Waals surface area (Å²) in [7, 11) is 1.51. The van der Waals surface area contributed by atoms with Crippen molar-refractivity contribution in [2.45, 2.75) is 13.5 Å². The normalized spacial score (nSPS) is 13.7. The van der Waals surface area contributed by atoms with Gasteiger partial charge in [-0.05, 0) is 30.7 Å². The first kappa shape index (κ1) is 20.3. The summed E-state index contributed by atoms with van der Waals surface area (Å²) >= 11 is 0. The number of rotatable bonds is 6. The zero-order valence-corrected chi connectivity index (χ0v) is 17.2. The molecule has 0 radical (unpaired) electrons. The molecule has 31 heavy (non-hydrogen) atoms. The zero-order valence-electron chi connectivity index (χ0n) is 17.2. The average Bonchev–Trinajstić information content (AvgIpc) is 3.01. The first-order chi connectivity index (χ1) is 15.0. The van der Waals surface area contributed by atoms with E-state index in [9.17, 15) is 14.0 Å². The fourth-order valence-corrected chi connectivity index (χ4v) is 3.58. The zero-order chi connectivity index (χ0) is 22.0. The number of ether oxygens (including phenoxy) is 1. The molecule has 0 atom stereocenters. The number of carbonyl (C=O) groups is 2. The van der Waals surface area contributed by atoms with E-state index in [1.165, 1.54) is 13.2 Å². The summed E-state index contributed by atoms with van der Waals surface area (Å²) < 4.78 is 19.7. The number of methoxy groups -OCH3 is 1. The van der Waals surface area contributed by atoms with E-state index in [2.05, 4.69) is 5.32 Å². The van der Waals surface area contributed by atoms with Crippen molar-refractivity contribution in [2.24, 2.45) is 0 Å². The van der Waals surface area contributed by atoms with Gasteiger partial charge in [0.15, 0.2) is 0 Å². The van der Waals surface area contributed by atoms with E-state index in [0.717, 1.165) is 10.5 Å². The smallest absolute Gasteiger partial charge is 0.278 e. The highest BCUT2D eigenvalue weighted by Crippen LogP contribution is 2.36. The quantitative estimate of drug-likeness (QED) is 0.600. The van der Waals surface area contributed by atoms with E-state index < -0.39 is 17.6 Å². The van der Waals surface area contributed by atoms with Crippen LogP contribution in [0, 0.1) is 12.7 Å². The Morgan fingerprint density at radius 2 is 1.58 bits per heavy atom. The van der Waals surface area contributed by atoms with Crippen molar-refractivity contribution >= 4 is 23.1 Å². The van der Waals surface area contributed by atoms with Crippen LogP contribution in [0.3, 0.4) is 0 Å². The molecule has 2 amide bonds. The number of nitrogens with one attached hydrogen (secondary N) is 1. The molecule has 0 aromatic heterocycles. The number of nitrogens with zero attached hydrogens (tertiary/aromatic N) is 1. The fraction of sp³-hybridized carbons (Fsp3) is 0.120. The lowest BCUT2D eigenvalue weighted by molar-refractivity contribution is -0.137. The second kappa shape index (κ2) is 8.44. The molecule has 5 nitrogen and oxygen atoms in total. The molecule has 0 saturated heterocycles. The molecule has 0 aliphatic carbocycles. The molecule has 0 fully saturated rings. The van der Waals surface area contributed by atoms with E-state index in [1.807, 2.05) is 31.2 Å². The summed E-state index contributed by atoms with van der Waals surface area (Å²) in [5.41, 5.74) is 2.72. The maximum Gasteiger partial charge on any atom is 0.278 e. The predicted octanol–water partition coefficient (Wildman–Crippen LogP) is 4.53. The number of para-hydroxylation sites is 2. The Labute approximate surface area is 179 Å². The molecule has 3 aromatic carbocycles. The van der Waals surface area contributed by atoms with Crippen molar-refractivity contribution in [1.29, 1.82) is 0 Å². The van der Waals surface area contributed by atoms with Crippen LogP contribution in [0.4, 0.5) is 10.1 Å². The molecular formula is C25H21FN2O3. The van der Waals surface area contributed by atoms with E-state index in [0.29, 0.717) is 17.0 Å². The maximum atomic E-state index is 14.2. The molecule has 1 heterocycles. The molecule has 0 unspecified atom stereocenters. The number of carbonyl (C=O) groups excluding carboxylic acids is 2. The van der Waals surface area contributed by atoms with E-state index in [1.54, 1.807) is 42.5 Å². The Bertz CT molecular complexity index is 1200. The molecule has 3 aromatic rings. The summed E-state index contributed by atoms with van der Waals surface area (Å²) in [5.74, 6) is -1.02. The van der Waals surface area contributed by atoms with Gasteiger partial charge in [-0.2, -0.15) is 0 Å². The van der Waals surface area contributed by atoms with Gasteiger partial charge < -0.3 is 10.1 Å². The number of amides is 2. The van der Waals surface area contributed by atoms with Gasteiger partial charge in [-0.15, -0.1) is 0 Å². The minimum absolute atomic E-state index is 0.139. The molecular weight excluding hydrogens is 395 g/mol. The Hall–Kier alpha value is -3.93. The summed E-state index contributed by atoms with van der Waals surface area (Å²) in [6.07, 6.45) is 0. The lowest BCUT2D eigenvalue weighted by Crippen LogP contribution is -2.32. The van der Waals surface area contributed by atoms with Crippen molar-refractivity contribution in [2.75, 3.05) is 12.4 Å². The van der Waals surface area contributed by atoms with Gasteiger partial charge in [0.05, 0.1) is 19.2 Å². The summed E-state index contributed by atoms with van der Waals surface area (Å²) in [4.78, 5) is 27.8. The van der Waals surface area contributed by atoms with Crippen LogP contribution >= 0.6 is 0 Å². The van der Waals surface area contributed by atoms with Gasteiger partial charge in [-0.25, -0.2) is 4.39 Å². The topological polar surface area (TPSA) is 58.6 Å². The van der Waals surface area contributed by atoms with E-state index >= 15 is 0 Å². The molecule has 0 spiro atoms. The Balaban J connectivity index is 1.81. The minimum Gasteiger partial charge on any atom is -0.496 e. The van der Waals surface area contributed by atoms with Gasteiger partial charge >= 0.3 is 0 Å². The number of aryl methyl sites for hydroxylation is 1. The van der Waals surface area contributed by atoms with Crippen LogP contribution in [0.2, 0.25) is 0 Å². The molecule has 6 heteroatoms. The SMILES string of the molecule is COc1ccccc1C1=C(Nc2ccccc2C)C(=O)N(Cc2ccccc2F)C1=O. The number of imide groups is 1. The summed E-state index contributed by atoms with van der Waals surface area (Å²) in [5, 5.41) is 3.14. The molecule has 1 aliphatic heterocycles. The lowest BCUT2D eigenvalue weighted by Gasteiger charge is -2.16. The Morgan fingerprint density at radius 1 is 0.903 bits per heavy atom. The largest absolute Gasteiger partial charge is 0.496 e.